The zero-order valence-electron chi connectivity index (χ0n) is 19.6. The number of carbonyl (C=O) groups is 4. The molecule has 0 saturated heterocycles. The van der Waals surface area contributed by atoms with Crippen LogP contribution in [0.4, 0.5) is 11.4 Å². The Labute approximate surface area is 212 Å². The van der Waals surface area contributed by atoms with E-state index in [1.807, 2.05) is 26.0 Å². The third-order valence-electron chi connectivity index (χ3n) is 5.50. The number of aryl methyl sites for hydroxylation is 2. The van der Waals surface area contributed by atoms with E-state index in [1.165, 1.54) is 43.5 Å². The summed E-state index contributed by atoms with van der Waals surface area (Å²) in [5.41, 5.74) is 3.21. The van der Waals surface area contributed by atoms with Gasteiger partial charge in [0, 0.05) is 5.69 Å². The number of hydrogen-bond donors (Lipinski definition) is 1. The molecule has 9 heteroatoms. The number of amides is 2. The molecule has 0 unspecified atom stereocenters. The van der Waals surface area contributed by atoms with Gasteiger partial charge in [-0.1, -0.05) is 29.3 Å². The lowest BCUT2D eigenvalue weighted by molar-refractivity contribution is -0.120. The van der Waals surface area contributed by atoms with Crippen molar-refractivity contribution < 1.29 is 28.7 Å². The van der Waals surface area contributed by atoms with Crippen molar-refractivity contribution in [2.45, 2.75) is 13.8 Å². The van der Waals surface area contributed by atoms with Crippen LogP contribution >= 0.6 is 11.6 Å². The topological polar surface area (TPSA) is 102 Å². The summed E-state index contributed by atoms with van der Waals surface area (Å²) >= 11 is 6.22. The van der Waals surface area contributed by atoms with Crippen molar-refractivity contribution in [2.24, 2.45) is 0 Å². The smallest absolute Gasteiger partial charge is 0.343 e. The van der Waals surface area contributed by atoms with Crippen molar-refractivity contribution in [2.75, 3.05) is 17.3 Å². The molecule has 2 amide bonds. The fourth-order valence-corrected chi connectivity index (χ4v) is 3.88. The fraction of sp³-hybridized carbons (Fsp3) is 0.111. The molecule has 182 valence electrons. The van der Waals surface area contributed by atoms with Gasteiger partial charge in [0.05, 0.1) is 23.9 Å². The first kappa shape index (κ1) is 24.7. The summed E-state index contributed by atoms with van der Waals surface area (Å²) in [6, 6.07) is 17.5. The molecule has 0 fully saturated rings. The van der Waals surface area contributed by atoms with Gasteiger partial charge in [-0.3, -0.25) is 9.59 Å². The first-order valence-corrected chi connectivity index (χ1v) is 11.2. The number of hydrogen-bond acceptors (Lipinski definition) is 7. The molecule has 0 aliphatic carbocycles. The molecular formula is C27H21ClN2O6. The van der Waals surface area contributed by atoms with Crippen LogP contribution < -0.4 is 15.0 Å². The fourth-order valence-electron chi connectivity index (χ4n) is 3.66. The summed E-state index contributed by atoms with van der Waals surface area (Å²) in [5, 5.41) is 2.66. The Balaban J connectivity index is 1.45. The van der Waals surface area contributed by atoms with E-state index in [1.54, 1.807) is 18.2 Å². The van der Waals surface area contributed by atoms with Crippen LogP contribution in [-0.4, -0.2) is 30.9 Å². The van der Waals surface area contributed by atoms with E-state index in [2.05, 4.69) is 10.1 Å². The molecule has 0 aromatic heterocycles. The normalized spacial score (nSPS) is 13.2. The Morgan fingerprint density at radius 3 is 2.06 bits per heavy atom. The van der Waals surface area contributed by atoms with E-state index >= 15 is 0 Å². The number of imide groups is 1. The van der Waals surface area contributed by atoms with E-state index in [0.29, 0.717) is 16.9 Å². The average molecular weight is 505 g/mol. The van der Waals surface area contributed by atoms with Crippen LogP contribution in [0.3, 0.4) is 0 Å². The molecule has 0 saturated carbocycles. The molecule has 3 aromatic carbocycles. The molecular weight excluding hydrogens is 484 g/mol. The van der Waals surface area contributed by atoms with Crippen molar-refractivity contribution in [3.63, 3.8) is 0 Å². The molecule has 3 aromatic rings. The first-order valence-electron chi connectivity index (χ1n) is 10.8. The minimum atomic E-state index is -0.616. The van der Waals surface area contributed by atoms with Crippen molar-refractivity contribution in [1.82, 2.24) is 0 Å². The monoisotopic (exact) mass is 504 g/mol. The van der Waals surface area contributed by atoms with Crippen molar-refractivity contribution in [3.8, 4) is 5.75 Å². The molecule has 1 aliphatic rings. The van der Waals surface area contributed by atoms with Gasteiger partial charge in [0.25, 0.3) is 11.8 Å². The quantitative estimate of drug-likeness (QED) is 0.294. The van der Waals surface area contributed by atoms with Crippen LogP contribution in [0.2, 0.25) is 0 Å². The van der Waals surface area contributed by atoms with E-state index in [-0.39, 0.29) is 22.0 Å². The standard InChI is InChI=1S/C27H21ClN2O6/c1-15-4-13-21(16(2)14-15)30-24(31)22(28)23(25(30)32)29-19-9-5-18(6-10-19)27(34)36-20-11-7-17(8-12-20)26(33)35-3/h4-14,29H,1-3H3. The number of ether oxygens (including phenoxy) is 2. The third-order valence-corrected chi connectivity index (χ3v) is 5.85. The number of carbonyl (C=O) groups excluding carboxylic acids is 4. The highest BCUT2D eigenvalue weighted by molar-refractivity contribution is 6.53. The summed E-state index contributed by atoms with van der Waals surface area (Å²) in [6.45, 7) is 3.73. The van der Waals surface area contributed by atoms with Gasteiger partial charge in [-0.05, 0) is 74.0 Å². The number of esters is 2. The van der Waals surface area contributed by atoms with Crippen molar-refractivity contribution in [3.05, 3.63) is 99.7 Å². The molecule has 0 bridgehead atoms. The Morgan fingerprint density at radius 1 is 0.833 bits per heavy atom. The summed E-state index contributed by atoms with van der Waals surface area (Å²) in [4.78, 5) is 50.8. The number of rotatable bonds is 6. The number of halogens is 1. The van der Waals surface area contributed by atoms with Crippen LogP contribution in [0.5, 0.6) is 5.75 Å². The Morgan fingerprint density at radius 2 is 1.44 bits per heavy atom. The second-order valence-electron chi connectivity index (χ2n) is 8.03. The molecule has 1 N–H and O–H groups in total. The zero-order chi connectivity index (χ0) is 26.0. The van der Waals surface area contributed by atoms with Gasteiger partial charge in [0.2, 0.25) is 0 Å². The number of methoxy groups -OCH3 is 1. The molecule has 36 heavy (non-hydrogen) atoms. The second kappa shape index (κ2) is 10.1. The van der Waals surface area contributed by atoms with Crippen LogP contribution in [0.15, 0.2) is 77.5 Å². The summed E-state index contributed by atoms with van der Waals surface area (Å²) < 4.78 is 9.96. The summed E-state index contributed by atoms with van der Waals surface area (Å²) in [6.07, 6.45) is 0. The molecule has 4 rings (SSSR count). The van der Waals surface area contributed by atoms with Crippen molar-refractivity contribution in [1.29, 1.82) is 0 Å². The van der Waals surface area contributed by atoms with E-state index in [0.717, 1.165) is 16.0 Å². The highest BCUT2D eigenvalue weighted by Gasteiger charge is 2.39. The highest BCUT2D eigenvalue weighted by Crippen LogP contribution is 2.32. The number of nitrogens with zero attached hydrogens (tertiary/aromatic N) is 1. The first-order chi connectivity index (χ1) is 17.2. The van der Waals surface area contributed by atoms with E-state index < -0.39 is 23.8 Å². The molecule has 8 nitrogen and oxygen atoms in total. The van der Waals surface area contributed by atoms with Gasteiger partial charge in [-0.15, -0.1) is 0 Å². The Hall–Kier alpha value is -4.43. The van der Waals surface area contributed by atoms with E-state index in [4.69, 9.17) is 16.3 Å². The molecule has 0 atom stereocenters. The van der Waals surface area contributed by atoms with Crippen molar-refractivity contribution >= 4 is 46.7 Å². The minimum Gasteiger partial charge on any atom is -0.465 e. The van der Waals surface area contributed by atoms with Gasteiger partial charge in [-0.25, -0.2) is 14.5 Å². The largest absolute Gasteiger partial charge is 0.465 e. The lowest BCUT2D eigenvalue weighted by Gasteiger charge is -2.18. The maximum absolute atomic E-state index is 13.0. The van der Waals surface area contributed by atoms with E-state index in [9.17, 15) is 19.2 Å². The molecule has 1 aliphatic heterocycles. The lowest BCUT2D eigenvalue weighted by atomic mass is 10.1. The predicted octanol–water partition coefficient (Wildman–Crippen LogP) is 4.74. The number of benzene rings is 3. The summed E-state index contributed by atoms with van der Waals surface area (Å²) in [7, 11) is 1.28. The van der Waals surface area contributed by atoms with Gasteiger partial charge in [0.1, 0.15) is 16.5 Å². The van der Waals surface area contributed by atoms with Gasteiger partial charge >= 0.3 is 11.9 Å². The van der Waals surface area contributed by atoms with Gasteiger partial charge in [0.15, 0.2) is 0 Å². The predicted molar refractivity (Wildman–Crippen MR) is 134 cm³/mol. The summed E-state index contributed by atoms with van der Waals surface area (Å²) in [5.74, 6) is -2.04. The van der Waals surface area contributed by atoms with Gasteiger partial charge in [-0.2, -0.15) is 0 Å². The Bertz CT molecular complexity index is 1410. The van der Waals surface area contributed by atoms with Crippen LogP contribution in [0.1, 0.15) is 31.8 Å². The zero-order valence-corrected chi connectivity index (χ0v) is 20.4. The van der Waals surface area contributed by atoms with Crippen LogP contribution in [0, 0.1) is 13.8 Å². The maximum atomic E-state index is 13.0. The number of nitrogens with one attached hydrogen (secondary N) is 1. The molecule has 0 radical (unpaired) electrons. The second-order valence-corrected chi connectivity index (χ2v) is 8.41. The minimum absolute atomic E-state index is 0.0531. The number of anilines is 2. The average Bonchev–Trinajstić information content (AvgIpc) is 3.07. The highest BCUT2D eigenvalue weighted by atomic mass is 35.5. The maximum Gasteiger partial charge on any atom is 0.343 e. The lowest BCUT2D eigenvalue weighted by Crippen LogP contribution is -2.32. The van der Waals surface area contributed by atoms with Crippen LogP contribution in [0.25, 0.3) is 0 Å². The van der Waals surface area contributed by atoms with Gasteiger partial charge < -0.3 is 14.8 Å². The third kappa shape index (κ3) is 4.85. The SMILES string of the molecule is COC(=O)c1ccc(OC(=O)c2ccc(NC3=C(Cl)C(=O)N(c4ccc(C)cc4C)C3=O)cc2)cc1. The molecule has 0 spiro atoms. The molecule has 1 heterocycles. The van der Waals surface area contributed by atoms with Crippen LogP contribution in [-0.2, 0) is 14.3 Å². The Kier molecular flexibility index (Phi) is 6.89.